The van der Waals surface area contributed by atoms with Gasteiger partial charge in [-0.25, -0.2) is 14.4 Å². The van der Waals surface area contributed by atoms with E-state index in [1.807, 2.05) is 0 Å². The molecule has 0 unspecified atom stereocenters. The van der Waals surface area contributed by atoms with Crippen molar-refractivity contribution in [3.05, 3.63) is 47.4 Å². The summed E-state index contributed by atoms with van der Waals surface area (Å²) < 4.78 is 11.7. The number of amides is 2. The first-order chi connectivity index (χ1) is 13.5. The Morgan fingerprint density at radius 1 is 1.21 bits per heavy atom. The molecule has 2 N–H and O–H groups in total. The summed E-state index contributed by atoms with van der Waals surface area (Å²) in [7, 11) is 0. The maximum atomic E-state index is 12.6. The molecule has 2 amide bonds. The zero-order valence-electron chi connectivity index (χ0n) is 15.2. The molecule has 11 heteroatoms. The maximum Gasteiger partial charge on any atom is 0.340 e. The number of aromatic nitrogens is 4. The third kappa shape index (κ3) is 3.98. The summed E-state index contributed by atoms with van der Waals surface area (Å²) in [6.45, 7) is 3.18. The molecular formula is C17H18N6O5. The number of benzene rings is 1. The summed E-state index contributed by atoms with van der Waals surface area (Å²) in [4.78, 5) is 36.6. The zero-order chi connectivity index (χ0) is 20.1. The molecule has 3 rings (SSSR count). The molecule has 1 atom stereocenters. The van der Waals surface area contributed by atoms with E-state index in [0.29, 0.717) is 5.69 Å². The monoisotopic (exact) mass is 386 g/mol. The van der Waals surface area contributed by atoms with E-state index in [9.17, 15) is 14.4 Å². The third-order valence-corrected chi connectivity index (χ3v) is 3.93. The van der Waals surface area contributed by atoms with Crippen LogP contribution < -0.4 is 10.6 Å². The lowest BCUT2D eigenvalue weighted by atomic mass is 10.0. The first kappa shape index (κ1) is 19.0. The van der Waals surface area contributed by atoms with Gasteiger partial charge in [-0.2, -0.15) is 4.68 Å². The highest BCUT2D eigenvalue weighted by Crippen LogP contribution is 2.17. The molecule has 1 aromatic heterocycles. The summed E-state index contributed by atoms with van der Waals surface area (Å²) in [5, 5.41) is 15.9. The topological polar surface area (TPSA) is 137 Å². The largest absolute Gasteiger partial charge is 0.463 e. The van der Waals surface area contributed by atoms with Crippen LogP contribution in [-0.4, -0.2) is 57.4 Å². The Morgan fingerprint density at radius 3 is 2.71 bits per heavy atom. The predicted molar refractivity (Wildman–Crippen MR) is 94.2 cm³/mol. The number of nitrogens with zero attached hydrogens (tertiary/aromatic N) is 4. The lowest BCUT2D eigenvalue weighted by Gasteiger charge is -2.26. The van der Waals surface area contributed by atoms with Crippen LogP contribution in [0.25, 0.3) is 5.69 Å². The minimum absolute atomic E-state index is 0.169. The van der Waals surface area contributed by atoms with Gasteiger partial charge in [0.15, 0.2) is 0 Å². The number of hydrogen-bond donors (Lipinski definition) is 2. The smallest absolute Gasteiger partial charge is 0.340 e. The van der Waals surface area contributed by atoms with Crippen molar-refractivity contribution in [2.75, 3.05) is 13.2 Å². The number of ether oxygens (including phenoxy) is 2. The van der Waals surface area contributed by atoms with Crippen LogP contribution in [0, 0.1) is 0 Å². The standard InChI is InChI=1S/C17H18N6O5/c1-3-27-16(25)14-10(2)19-17(26)20-12(14)8-28-15(24)11-6-4-5-7-13(11)23-9-18-21-22-23/h4-7,9-10H,3,8H2,1-2H3,(H2,19,20,26)/t10-/m1/s1. The molecule has 0 radical (unpaired) electrons. The fraction of sp³-hybridized carbons (Fsp3) is 0.294. The Balaban J connectivity index is 1.82. The van der Waals surface area contributed by atoms with E-state index in [2.05, 4.69) is 26.2 Å². The Hall–Kier alpha value is -3.76. The lowest BCUT2D eigenvalue weighted by molar-refractivity contribution is -0.139. The van der Waals surface area contributed by atoms with Crippen LogP contribution in [-0.2, 0) is 14.3 Å². The van der Waals surface area contributed by atoms with Crippen molar-refractivity contribution in [3.63, 3.8) is 0 Å². The number of carbonyl (C=O) groups excluding carboxylic acids is 3. The van der Waals surface area contributed by atoms with Crippen LogP contribution >= 0.6 is 0 Å². The lowest BCUT2D eigenvalue weighted by Crippen LogP contribution is -2.50. The molecule has 0 aliphatic carbocycles. The summed E-state index contributed by atoms with van der Waals surface area (Å²) in [5.41, 5.74) is 1.02. The number of carbonyl (C=O) groups is 3. The summed E-state index contributed by atoms with van der Waals surface area (Å²) in [6, 6.07) is 5.52. The first-order valence-corrected chi connectivity index (χ1v) is 8.48. The van der Waals surface area contributed by atoms with Crippen LogP contribution in [0.3, 0.4) is 0 Å². The van der Waals surface area contributed by atoms with Crippen molar-refractivity contribution < 1.29 is 23.9 Å². The number of esters is 2. The number of hydrogen-bond acceptors (Lipinski definition) is 8. The summed E-state index contributed by atoms with van der Waals surface area (Å²) >= 11 is 0. The second-order valence-corrected chi connectivity index (χ2v) is 5.78. The van der Waals surface area contributed by atoms with Gasteiger partial charge in [0.25, 0.3) is 0 Å². The zero-order valence-corrected chi connectivity index (χ0v) is 15.2. The molecule has 1 aromatic carbocycles. The van der Waals surface area contributed by atoms with Crippen molar-refractivity contribution in [1.82, 2.24) is 30.8 Å². The predicted octanol–water partition coefficient (Wildman–Crippen LogP) is 0.338. The number of nitrogens with one attached hydrogen (secondary N) is 2. The maximum absolute atomic E-state index is 12.6. The van der Waals surface area contributed by atoms with E-state index in [0.717, 1.165) is 0 Å². The highest BCUT2D eigenvalue weighted by Gasteiger charge is 2.30. The molecule has 0 fully saturated rings. The fourth-order valence-electron chi connectivity index (χ4n) is 2.73. The van der Waals surface area contributed by atoms with Gasteiger partial charge in [0.2, 0.25) is 0 Å². The molecule has 0 saturated carbocycles. The Labute approximate surface area is 159 Å². The van der Waals surface area contributed by atoms with Crippen molar-refractivity contribution in [1.29, 1.82) is 0 Å². The Kier molecular flexibility index (Phi) is 5.63. The fourth-order valence-corrected chi connectivity index (χ4v) is 2.73. The van der Waals surface area contributed by atoms with Gasteiger partial charge in [0, 0.05) is 0 Å². The molecule has 146 valence electrons. The van der Waals surface area contributed by atoms with Gasteiger partial charge in [-0.05, 0) is 36.4 Å². The Morgan fingerprint density at radius 2 is 2.00 bits per heavy atom. The average Bonchev–Trinajstić information content (AvgIpc) is 3.20. The van der Waals surface area contributed by atoms with Crippen LogP contribution in [0.4, 0.5) is 4.79 Å². The minimum atomic E-state index is -0.665. The van der Waals surface area contributed by atoms with Crippen molar-refractivity contribution in [3.8, 4) is 5.69 Å². The molecule has 0 bridgehead atoms. The molecule has 2 heterocycles. The number of rotatable bonds is 6. The quantitative estimate of drug-likeness (QED) is 0.678. The first-order valence-electron chi connectivity index (χ1n) is 8.48. The van der Waals surface area contributed by atoms with Gasteiger partial charge < -0.3 is 20.1 Å². The van der Waals surface area contributed by atoms with Gasteiger partial charge in [-0.15, -0.1) is 5.10 Å². The van der Waals surface area contributed by atoms with Crippen molar-refractivity contribution in [2.24, 2.45) is 0 Å². The van der Waals surface area contributed by atoms with Crippen LogP contribution in [0.5, 0.6) is 0 Å². The van der Waals surface area contributed by atoms with Crippen LogP contribution in [0.1, 0.15) is 24.2 Å². The second kappa shape index (κ2) is 8.29. The second-order valence-electron chi connectivity index (χ2n) is 5.78. The van der Waals surface area contributed by atoms with E-state index in [4.69, 9.17) is 9.47 Å². The highest BCUT2D eigenvalue weighted by atomic mass is 16.5. The van der Waals surface area contributed by atoms with E-state index in [1.54, 1.807) is 38.1 Å². The number of tetrazole rings is 1. The highest BCUT2D eigenvalue weighted by molar-refractivity contribution is 5.96. The summed E-state index contributed by atoms with van der Waals surface area (Å²) in [5.74, 6) is -1.26. The van der Waals surface area contributed by atoms with E-state index in [-0.39, 0.29) is 30.0 Å². The van der Waals surface area contributed by atoms with E-state index < -0.39 is 24.0 Å². The van der Waals surface area contributed by atoms with Gasteiger partial charge in [-0.3, -0.25) is 0 Å². The molecule has 11 nitrogen and oxygen atoms in total. The molecule has 2 aromatic rings. The van der Waals surface area contributed by atoms with Gasteiger partial charge in [-0.1, -0.05) is 12.1 Å². The van der Waals surface area contributed by atoms with E-state index in [1.165, 1.54) is 11.0 Å². The van der Waals surface area contributed by atoms with E-state index >= 15 is 0 Å². The molecule has 1 aliphatic rings. The number of urea groups is 1. The minimum Gasteiger partial charge on any atom is -0.463 e. The van der Waals surface area contributed by atoms with Gasteiger partial charge >= 0.3 is 18.0 Å². The summed E-state index contributed by atoms with van der Waals surface area (Å²) in [6.07, 6.45) is 1.35. The molecule has 0 saturated heterocycles. The Bertz CT molecular complexity index is 924. The molecular weight excluding hydrogens is 368 g/mol. The van der Waals surface area contributed by atoms with Crippen molar-refractivity contribution in [2.45, 2.75) is 19.9 Å². The van der Waals surface area contributed by atoms with Crippen LogP contribution in [0.2, 0.25) is 0 Å². The molecule has 0 spiro atoms. The van der Waals surface area contributed by atoms with Crippen LogP contribution in [0.15, 0.2) is 41.9 Å². The normalized spacial score (nSPS) is 16.2. The molecule has 1 aliphatic heterocycles. The van der Waals surface area contributed by atoms with Crippen molar-refractivity contribution >= 4 is 18.0 Å². The number of para-hydroxylation sites is 1. The van der Waals surface area contributed by atoms with Gasteiger partial charge in [0.05, 0.1) is 35.2 Å². The SMILES string of the molecule is CCOC(=O)C1=C(COC(=O)c2ccccc2-n2cnnn2)NC(=O)N[C@@H]1C. The molecule has 28 heavy (non-hydrogen) atoms. The van der Waals surface area contributed by atoms with Gasteiger partial charge in [0.1, 0.15) is 12.9 Å². The third-order valence-electron chi connectivity index (χ3n) is 3.93. The average molecular weight is 386 g/mol.